The number of fused-ring (bicyclic) bond motifs is 1. The van der Waals surface area contributed by atoms with E-state index in [9.17, 15) is 9.59 Å². The highest BCUT2D eigenvalue weighted by Gasteiger charge is 2.17. The zero-order chi connectivity index (χ0) is 14.7. The van der Waals surface area contributed by atoms with Gasteiger partial charge in [0.1, 0.15) is 11.2 Å². The highest BCUT2D eigenvalue weighted by Crippen LogP contribution is 2.22. The van der Waals surface area contributed by atoms with E-state index in [1.54, 1.807) is 18.3 Å². The van der Waals surface area contributed by atoms with E-state index in [0.717, 1.165) is 12.8 Å². The molecule has 0 saturated heterocycles. The summed E-state index contributed by atoms with van der Waals surface area (Å²) < 4.78 is 1.40. The fraction of sp³-hybridized carbons (Fsp3) is 0.438. The summed E-state index contributed by atoms with van der Waals surface area (Å²) in [5.74, 6) is 0.218. The average Bonchev–Trinajstić information content (AvgIpc) is 2.54. The lowest BCUT2D eigenvalue weighted by Gasteiger charge is -2.21. The van der Waals surface area contributed by atoms with Gasteiger partial charge in [0.2, 0.25) is 0 Å². The molecule has 2 heterocycles. The standard InChI is InChI=1S/C16H19N3O2/c20-15(18-10-12-6-2-1-3-7-12)13-11-17-14-8-4-5-9-19(14)16(13)21/h4-5,8-9,11-12H,1-3,6-7,10H2,(H,18,20). The van der Waals surface area contributed by atoms with Gasteiger partial charge in [-0.15, -0.1) is 0 Å². The van der Waals surface area contributed by atoms with E-state index in [-0.39, 0.29) is 17.0 Å². The maximum Gasteiger partial charge on any atom is 0.270 e. The van der Waals surface area contributed by atoms with E-state index in [1.807, 2.05) is 6.07 Å². The zero-order valence-electron chi connectivity index (χ0n) is 11.9. The molecule has 1 N–H and O–H groups in total. The lowest BCUT2D eigenvalue weighted by atomic mass is 9.89. The molecule has 2 aromatic rings. The van der Waals surface area contributed by atoms with Gasteiger partial charge in [-0.3, -0.25) is 14.0 Å². The van der Waals surface area contributed by atoms with Crippen LogP contribution in [-0.2, 0) is 0 Å². The molecule has 2 aromatic heterocycles. The normalized spacial score (nSPS) is 16.0. The number of aromatic nitrogens is 2. The highest BCUT2D eigenvalue weighted by molar-refractivity contribution is 5.93. The van der Waals surface area contributed by atoms with Crippen LogP contribution in [0.4, 0.5) is 0 Å². The maximum absolute atomic E-state index is 12.3. The van der Waals surface area contributed by atoms with Crippen molar-refractivity contribution in [3.05, 3.63) is 46.5 Å². The van der Waals surface area contributed by atoms with E-state index < -0.39 is 0 Å². The number of pyridine rings is 1. The first-order chi connectivity index (χ1) is 10.3. The number of hydrogen-bond donors (Lipinski definition) is 1. The fourth-order valence-electron chi connectivity index (χ4n) is 2.91. The van der Waals surface area contributed by atoms with Gasteiger partial charge >= 0.3 is 0 Å². The predicted octanol–water partition coefficient (Wildman–Crippen LogP) is 2.00. The summed E-state index contributed by atoms with van der Waals surface area (Å²) >= 11 is 0. The Morgan fingerprint density at radius 3 is 2.90 bits per heavy atom. The number of rotatable bonds is 3. The minimum Gasteiger partial charge on any atom is -0.352 e. The van der Waals surface area contributed by atoms with Gasteiger partial charge in [0.25, 0.3) is 11.5 Å². The Balaban J connectivity index is 1.75. The van der Waals surface area contributed by atoms with Crippen molar-refractivity contribution in [1.29, 1.82) is 0 Å². The Morgan fingerprint density at radius 2 is 2.10 bits per heavy atom. The molecule has 1 saturated carbocycles. The first-order valence-corrected chi connectivity index (χ1v) is 7.50. The lowest BCUT2D eigenvalue weighted by molar-refractivity contribution is 0.0941. The van der Waals surface area contributed by atoms with Crippen LogP contribution in [0.2, 0.25) is 0 Å². The summed E-state index contributed by atoms with van der Waals surface area (Å²) in [5.41, 5.74) is 0.336. The van der Waals surface area contributed by atoms with Crippen molar-refractivity contribution < 1.29 is 4.79 Å². The number of amides is 1. The van der Waals surface area contributed by atoms with Gasteiger partial charge < -0.3 is 5.32 Å². The van der Waals surface area contributed by atoms with Crippen LogP contribution in [-0.4, -0.2) is 21.8 Å². The van der Waals surface area contributed by atoms with Crippen molar-refractivity contribution >= 4 is 11.6 Å². The Kier molecular flexibility index (Phi) is 3.99. The van der Waals surface area contributed by atoms with Crippen molar-refractivity contribution in [2.75, 3.05) is 6.54 Å². The second-order valence-electron chi connectivity index (χ2n) is 5.62. The minimum absolute atomic E-state index is 0.106. The van der Waals surface area contributed by atoms with Crippen LogP contribution in [0.5, 0.6) is 0 Å². The van der Waals surface area contributed by atoms with Crippen LogP contribution in [0.1, 0.15) is 42.5 Å². The lowest BCUT2D eigenvalue weighted by Crippen LogP contribution is -2.35. The second-order valence-corrected chi connectivity index (χ2v) is 5.62. The molecule has 5 nitrogen and oxygen atoms in total. The third-order valence-electron chi connectivity index (χ3n) is 4.13. The number of carbonyl (C=O) groups is 1. The first-order valence-electron chi connectivity index (χ1n) is 7.50. The molecule has 0 radical (unpaired) electrons. The topological polar surface area (TPSA) is 63.5 Å². The maximum atomic E-state index is 12.3. The Hall–Kier alpha value is -2.17. The third-order valence-corrected chi connectivity index (χ3v) is 4.13. The van der Waals surface area contributed by atoms with E-state index in [2.05, 4.69) is 10.3 Å². The largest absolute Gasteiger partial charge is 0.352 e. The van der Waals surface area contributed by atoms with Crippen LogP contribution in [0.15, 0.2) is 35.4 Å². The van der Waals surface area contributed by atoms with Gasteiger partial charge in [0.05, 0.1) is 0 Å². The van der Waals surface area contributed by atoms with Gasteiger partial charge in [-0.05, 0) is 30.9 Å². The third kappa shape index (κ3) is 2.96. The van der Waals surface area contributed by atoms with Crippen molar-refractivity contribution in [2.45, 2.75) is 32.1 Å². The smallest absolute Gasteiger partial charge is 0.270 e. The number of nitrogens with one attached hydrogen (secondary N) is 1. The fourth-order valence-corrected chi connectivity index (χ4v) is 2.91. The van der Waals surface area contributed by atoms with E-state index >= 15 is 0 Å². The van der Waals surface area contributed by atoms with Gasteiger partial charge in [0.15, 0.2) is 0 Å². The predicted molar refractivity (Wildman–Crippen MR) is 80.4 cm³/mol. The van der Waals surface area contributed by atoms with Crippen molar-refractivity contribution in [3.63, 3.8) is 0 Å². The molecule has 110 valence electrons. The molecule has 0 aliphatic heterocycles. The van der Waals surface area contributed by atoms with E-state index in [1.165, 1.54) is 29.9 Å². The number of carbonyl (C=O) groups excluding carboxylic acids is 1. The molecule has 0 aromatic carbocycles. The SMILES string of the molecule is O=C(NCC1CCCCC1)c1cnc2ccccn2c1=O. The van der Waals surface area contributed by atoms with Gasteiger partial charge in [-0.25, -0.2) is 4.98 Å². The molecule has 0 atom stereocenters. The summed E-state index contributed by atoms with van der Waals surface area (Å²) in [5, 5.41) is 2.88. The molecule has 1 amide bonds. The molecule has 5 heteroatoms. The zero-order valence-corrected chi connectivity index (χ0v) is 11.9. The molecule has 1 aliphatic carbocycles. The highest BCUT2D eigenvalue weighted by atomic mass is 16.2. The number of nitrogens with zero attached hydrogens (tertiary/aromatic N) is 2. The monoisotopic (exact) mass is 285 g/mol. The van der Waals surface area contributed by atoms with Crippen molar-refractivity contribution in [3.8, 4) is 0 Å². The Labute approximate surface area is 123 Å². The van der Waals surface area contributed by atoms with E-state index in [4.69, 9.17) is 0 Å². The number of hydrogen-bond acceptors (Lipinski definition) is 3. The molecule has 3 rings (SSSR count). The van der Waals surface area contributed by atoms with Crippen molar-refractivity contribution in [2.24, 2.45) is 5.92 Å². The van der Waals surface area contributed by atoms with Crippen LogP contribution in [0, 0.1) is 5.92 Å². The molecule has 0 bridgehead atoms. The molecule has 1 fully saturated rings. The van der Waals surface area contributed by atoms with Crippen LogP contribution >= 0.6 is 0 Å². The van der Waals surface area contributed by atoms with Crippen LogP contribution < -0.4 is 10.9 Å². The van der Waals surface area contributed by atoms with Crippen molar-refractivity contribution in [1.82, 2.24) is 14.7 Å². The summed E-state index contributed by atoms with van der Waals surface area (Å²) in [6.07, 6.45) is 9.09. The molecule has 1 aliphatic rings. The van der Waals surface area contributed by atoms with Crippen LogP contribution in [0.25, 0.3) is 5.65 Å². The molecule has 0 unspecified atom stereocenters. The summed E-state index contributed by atoms with van der Waals surface area (Å²) in [4.78, 5) is 28.6. The molecule has 21 heavy (non-hydrogen) atoms. The molecular weight excluding hydrogens is 266 g/mol. The molecule has 0 spiro atoms. The van der Waals surface area contributed by atoms with Gasteiger partial charge in [-0.1, -0.05) is 25.3 Å². The quantitative estimate of drug-likeness (QED) is 0.938. The summed E-state index contributed by atoms with van der Waals surface area (Å²) in [6, 6.07) is 5.30. The molecular formula is C16H19N3O2. The Bertz CT molecular complexity index is 702. The Morgan fingerprint density at radius 1 is 1.29 bits per heavy atom. The second kappa shape index (κ2) is 6.08. The summed E-state index contributed by atoms with van der Waals surface area (Å²) in [7, 11) is 0. The minimum atomic E-state index is -0.323. The summed E-state index contributed by atoms with van der Waals surface area (Å²) in [6.45, 7) is 0.649. The van der Waals surface area contributed by atoms with Crippen LogP contribution in [0.3, 0.4) is 0 Å². The van der Waals surface area contributed by atoms with Gasteiger partial charge in [-0.2, -0.15) is 0 Å². The average molecular weight is 285 g/mol. The first kappa shape index (κ1) is 13.8. The van der Waals surface area contributed by atoms with Gasteiger partial charge in [0, 0.05) is 18.9 Å². The van der Waals surface area contributed by atoms with E-state index in [0.29, 0.717) is 18.1 Å².